The number of hydrogen-bond donors (Lipinski definition) is 2. The summed E-state index contributed by atoms with van der Waals surface area (Å²) in [5.41, 5.74) is 1.04. The van der Waals surface area contributed by atoms with Crippen LogP contribution in [0.15, 0.2) is 12.1 Å². The van der Waals surface area contributed by atoms with Gasteiger partial charge in [0.2, 0.25) is 10.0 Å². The van der Waals surface area contributed by atoms with Crippen LogP contribution >= 0.6 is 11.6 Å². The number of aryl methyl sites for hydroxylation is 1. The normalized spacial score (nSPS) is 11.3. The van der Waals surface area contributed by atoms with Crippen molar-refractivity contribution >= 4 is 27.5 Å². The zero-order valence-corrected chi connectivity index (χ0v) is 11.4. The molecule has 3 N–H and O–H groups in total. The molecule has 100 valence electrons. The number of nitrogens with one attached hydrogen (secondary N) is 1. The second-order valence-electron chi connectivity index (χ2n) is 3.65. The molecular weight excluding hydrogens is 278 g/mol. The fourth-order valence-corrected chi connectivity index (χ4v) is 1.89. The Morgan fingerprint density at radius 2 is 2.17 bits per heavy atom. The maximum Gasteiger partial charge on any atom is 0.251 e. The van der Waals surface area contributed by atoms with Crippen LogP contribution in [-0.4, -0.2) is 31.6 Å². The maximum absolute atomic E-state index is 11.7. The fourth-order valence-electron chi connectivity index (χ4n) is 1.27. The molecule has 0 unspecified atom stereocenters. The minimum Gasteiger partial charge on any atom is -0.351 e. The lowest BCUT2D eigenvalue weighted by Gasteiger charge is -2.06. The highest BCUT2D eigenvalue weighted by atomic mass is 35.5. The van der Waals surface area contributed by atoms with Crippen LogP contribution < -0.4 is 10.5 Å². The van der Waals surface area contributed by atoms with Gasteiger partial charge in [0, 0.05) is 17.8 Å². The molecule has 18 heavy (non-hydrogen) atoms. The fraction of sp³-hybridized carbons (Fsp3) is 0.400. The summed E-state index contributed by atoms with van der Waals surface area (Å²) in [6.45, 7) is 1.85. The molecule has 0 aliphatic rings. The Morgan fingerprint density at radius 3 is 2.72 bits per heavy atom. The molecule has 0 aliphatic carbocycles. The molecule has 0 radical (unpaired) electrons. The van der Waals surface area contributed by atoms with Gasteiger partial charge < -0.3 is 5.32 Å². The molecule has 1 aromatic heterocycles. The van der Waals surface area contributed by atoms with E-state index >= 15 is 0 Å². The molecule has 0 aromatic carbocycles. The van der Waals surface area contributed by atoms with Crippen molar-refractivity contribution in [2.24, 2.45) is 5.14 Å². The summed E-state index contributed by atoms with van der Waals surface area (Å²) in [6.07, 6.45) is 0.651. The molecule has 0 spiro atoms. The molecule has 0 bridgehead atoms. The van der Waals surface area contributed by atoms with Crippen LogP contribution in [0.25, 0.3) is 0 Å². The van der Waals surface area contributed by atoms with E-state index in [1.165, 1.54) is 6.07 Å². The van der Waals surface area contributed by atoms with Crippen molar-refractivity contribution in [3.8, 4) is 0 Å². The zero-order valence-electron chi connectivity index (χ0n) is 9.81. The first-order valence-electron chi connectivity index (χ1n) is 5.27. The Morgan fingerprint density at radius 1 is 1.50 bits per heavy atom. The van der Waals surface area contributed by atoms with Gasteiger partial charge in [0.25, 0.3) is 5.91 Å². The summed E-state index contributed by atoms with van der Waals surface area (Å²) in [4.78, 5) is 15.7. The number of halogens is 1. The number of hydrogen-bond acceptors (Lipinski definition) is 4. The monoisotopic (exact) mass is 291 g/mol. The van der Waals surface area contributed by atoms with Gasteiger partial charge in [0.1, 0.15) is 5.15 Å². The van der Waals surface area contributed by atoms with Gasteiger partial charge in [-0.15, -0.1) is 0 Å². The van der Waals surface area contributed by atoms with E-state index in [9.17, 15) is 13.2 Å². The van der Waals surface area contributed by atoms with Gasteiger partial charge in [0.05, 0.1) is 5.75 Å². The van der Waals surface area contributed by atoms with Crippen LogP contribution in [0.2, 0.25) is 5.15 Å². The van der Waals surface area contributed by atoms with Gasteiger partial charge in [0.15, 0.2) is 0 Å². The van der Waals surface area contributed by atoms with E-state index in [0.29, 0.717) is 17.7 Å². The summed E-state index contributed by atoms with van der Waals surface area (Å²) in [5.74, 6) is -0.712. The molecule has 8 heteroatoms. The quantitative estimate of drug-likeness (QED) is 0.762. The molecule has 0 saturated heterocycles. The summed E-state index contributed by atoms with van der Waals surface area (Å²) < 4.78 is 21.4. The Balaban J connectivity index is 2.69. The number of rotatable bonds is 5. The minimum absolute atomic E-state index is 0.0426. The number of nitrogens with two attached hydrogens (primary N) is 1. The van der Waals surface area contributed by atoms with E-state index < -0.39 is 15.9 Å². The third-order valence-corrected chi connectivity index (χ3v) is 3.11. The topological polar surface area (TPSA) is 102 Å². The largest absolute Gasteiger partial charge is 0.351 e. The first-order valence-corrected chi connectivity index (χ1v) is 7.36. The van der Waals surface area contributed by atoms with Crippen LogP contribution in [0.3, 0.4) is 0 Å². The number of carbonyl (C=O) groups is 1. The van der Waals surface area contributed by atoms with Crippen LogP contribution in [-0.2, 0) is 16.4 Å². The SMILES string of the molecule is CCc1cc(C(=O)NCCS(N)(=O)=O)cc(Cl)n1. The molecule has 6 nitrogen and oxygen atoms in total. The highest BCUT2D eigenvalue weighted by molar-refractivity contribution is 7.89. The van der Waals surface area contributed by atoms with Crippen molar-refractivity contribution in [2.75, 3.05) is 12.3 Å². The first-order chi connectivity index (χ1) is 8.31. The molecule has 1 aromatic rings. The molecule has 0 saturated carbocycles. The average Bonchev–Trinajstić information content (AvgIpc) is 2.26. The zero-order chi connectivity index (χ0) is 13.8. The number of amides is 1. The third kappa shape index (κ3) is 4.99. The van der Waals surface area contributed by atoms with E-state index in [1.54, 1.807) is 6.07 Å². The summed E-state index contributed by atoms with van der Waals surface area (Å²) >= 11 is 5.77. The van der Waals surface area contributed by atoms with Crippen LogP contribution in [0.1, 0.15) is 23.0 Å². The van der Waals surface area contributed by atoms with Crippen LogP contribution in [0.4, 0.5) is 0 Å². The molecule has 1 amide bonds. The highest BCUT2D eigenvalue weighted by Gasteiger charge is 2.10. The second-order valence-corrected chi connectivity index (χ2v) is 5.77. The van der Waals surface area contributed by atoms with Crippen molar-refractivity contribution in [3.05, 3.63) is 28.5 Å². The van der Waals surface area contributed by atoms with Crippen molar-refractivity contribution in [1.82, 2.24) is 10.3 Å². The van der Waals surface area contributed by atoms with Crippen molar-refractivity contribution in [3.63, 3.8) is 0 Å². The molecule has 0 fully saturated rings. The Labute approximate surface area is 111 Å². The summed E-state index contributed by atoms with van der Waals surface area (Å²) in [5, 5.41) is 7.50. The maximum atomic E-state index is 11.7. The van der Waals surface area contributed by atoms with Crippen LogP contribution in [0.5, 0.6) is 0 Å². The summed E-state index contributed by atoms with van der Waals surface area (Å²) in [6, 6.07) is 3.03. The Kier molecular flexibility index (Phi) is 5.06. The first kappa shape index (κ1) is 14.9. The van der Waals surface area contributed by atoms with E-state index in [-0.39, 0.29) is 17.5 Å². The molecule has 0 aliphatic heterocycles. The molecule has 1 rings (SSSR count). The highest BCUT2D eigenvalue weighted by Crippen LogP contribution is 2.11. The molecule has 0 atom stereocenters. The van der Waals surface area contributed by atoms with Gasteiger partial charge >= 0.3 is 0 Å². The minimum atomic E-state index is -3.58. The average molecular weight is 292 g/mol. The van der Waals surface area contributed by atoms with E-state index in [2.05, 4.69) is 10.3 Å². The predicted octanol–water partition coefficient (Wildman–Crippen LogP) is 0.316. The standard InChI is InChI=1S/C10H14ClN3O3S/c1-2-8-5-7(6-9(11)14-8)10(15)13-3-4-18(12,16)17/h5-6H,2-4H2,1H3,(H,13,15)(H2,12,16,17). The van der Waals surface area contributed by atoms with E-state index in [0.717, 1.165) is 0 Å². The number of sulfonamides is 1. The number of carbonyl (C=O) groups excluding carboxylic acids is 1. The van der Waals surface area contributed by atoms with E-state index in [4.69, 9.17) is 16.7 Å². The molecule has 1 heterocycles. The lowest BCUT2D eigenvalue weighted by atomic mass is 10.2. The van der Waals surface area contributed by atoms with Gasteiger partial charge in [-0.2, -0.15) is 0 Å². The number of aromatic nitrogens is 1. The predicted molar refractivity (Wildman–Crippen MR) is 68.9 cm³/mol. The van der Waals surface area contributed by atoms with E-state index in [1.807, 2.05) is 6.92 Å². The second kappa shape index (κ2) is 6.12. The Hall–Kier alpha value is -1.18. The lowest BCUT2D eigenvalue weighted by molar-refractivity contribution is 0.0956. The lowest BCUT2D eigenvalue weighted by Crippen LogP contribution is -2.31. The van der Waals surface area contributed by atoms with Crippen molar-refractivity contribution in [2.45, 2.75) is 13.3 Å². The van der Waals surface area contributed by atoms with Gasteiger partial charge in [-0.1, -0.05) is 18.5 Å². The smallest absolute Gasteiger partial charge is 0.251 e. The summed E-state index contributed by atoms with van der Waals surface area (Å²) in [7, 11) is -3.58. The number of pyridine rings is 1. The van der Waals surface area contributed by atoms with Crippen LogP contribution in [0, 0.1) is 0 Å². The van der Waals surface area contributed by atoms with Crippen molar-refractivity contribution in [1.29, 1.82) is 0 Å². The Bertz CT molecular complexity index is 545. The number of nitrogens with zero attached hydrogens (tertiary/aromatic N) is 1. The third-order valence-electron chi connectivity index (χ3n) is 2.14. The van der Waals surface area contributed by atoms with Gasteiger partial charge in [-0.25, -0.2) is 18.5 Å². The van der Waals surface area contributed by atoms with Gasteiger partial charge in [-0.05, 0) is 18.6 Å². The molecular formula is C10H14ClN3O3S. The number of primary sulfonamides is 1. The van der Waals surface area contributed by atoms with Crippen molar-refractivity contribution < 1.29 is 13.2 Å². The van der Waals surface area contributed by atoms with Gasteiger partial charge in [-0.3, -0.25) is 4.79 Å².